The van der Waals surface area contributed by atoms with Gasteiger partial charge in [0.1, 0.15) is 23.7 Å². The standard InChI is InChI=1S/C48H66F2N10O4/c1-29(51-3)45(61)55-41(31-13-7-5-8-14-31)47(63)57-23-11-17-35(57)27-59-39-21-19-33(49)25-37(39)53-43(59)44-54-38-26-34(50)20-22-40(38)60(44)28-36-18-12-24-58(36)48(64)42(32-15-9-6-10-16-32)56-46(62)30(2)52-4/h19-22,25-26,29-32,35-36,41-42,51-52H,5-18,23-24,27-28H2,1-4H3,(H,55,61)(H,56,62)/t29-,30-,35+,36+,41-,42-/m1/s1. The number of nitrogens with zero attached hydrogens (tertiary/aromatic N) is 6. The molecule has 14 nitrogen and oxygen atoms in total. The molecule has 0 spiro atoms. The van der Waals surface area contributed by atoms with E-state index in [1.165, 1.54) is 24.3 Å². The maximum Gasteiger partial charge on any atom is 0.245 e. The number of imidazole rings is 2. The number of hydrogen-bond acceptors (Lipinski definition) is 8. The Morgan fingerprint density at radius 2 is 0.984 bits per heavy atom. The Kier molecular flexibility index (Phi) is 14.3. The Labute approximate surface area is 374 Å². The van der Waals surface area contributed by atoms with Gasteiger partial charge < -0.3 is 40.2 Å². The predicted octanol–water partition coefficient (Wildman–Crippen LogP) is 5.66. The van der Waals surface area contributed by atoms with Gasteiger partial charge in [-0.3, -0.25) is 19.2 Å². The number of amides is 4. The van der Waals surface area contributed by atoms with Gasteiger partial charge in [0, 0.05) is 50.4 Å². The summed E-state index contributed by atoms with van der Waals surface area (Å²) in [7, 11) is 3.46. The molecule has 2 aliphatic carbocycles. The van der Waals surface area contributed by atoms with Gasteiger partial charge >= 0.3 is 0 Å². The van der Waals surface area contributed by atoms with Crippen LogP contribution in [0.4, 0.5) is 8.78 Å². The molecule has 4 heterocycles. The maximum absolute atomic E-state index is 15.0. The molecule has 2 aromatic heterocycles. The van der Waals surface area contributed by atoms with Gasteiger partial charge in [-0.25, -0.2) is 18.7 Å². The quantitative estimate of drug-likeness (QED) is 0.119. The second-order valence-corrected chi connectivity index (χ2v) is 18.8. The first kappa shape index (κ1) is 45.6. The van der Waals surface area contributed by atoms with Gasteiger partial charge in [0.2, 0.25) is 23.6 Å². The van der Waals surface area contributed by atoms with Crippen molar-refractivity contribution in [3.05, 3.63) is 48.0 Å². The van der Waals surface area contributed by atoms with Crippen molar-refractivity contribution >= 4 is 45.7 Å². The number of fused-ring (bicyclic) bond motifs is 2. The molecule has 8 rings (SSSR count). The fraction of sp³-hybridized carbons (Fsp3) is 0.625. The summed E-state index contributed by atoms with van der Waals surface area (Å²) in [5.41, 5.74) is 2.17. The lowest BCUT2D eigenvalue weighted by atomic mass is 9.83. The third-order valence-corrected chi connectivity index (χ3v) is 14.8. The first-order valence-electron chi connectivity index (χ1n) is 23.8. The summed E-state index contributed by atoms with van der Waals surface area (Å²) in [6, 6.07) is 6.27. The third kappa shape index (κ3) is 9.54. The lowest BCUT2D eigenvalue weighted by molar-refractivity contribution is -0.139. The van der Waals surface area contributed by atoms with Crippen LogP contribution in [-0.2, 0) is 32.3 Å². The van der Waals surface area contributed by atoms with Gasteiger partial charge in [-0.05, 0) is 115 Å². The Morgan fingerprint density at radius 3 is 1.36 bits per heavy atom. The molecule has 2 aliphatic heterocycles. The molecular weight excluding hydrogens is 819 g/mol. The molecule has 4 fully saturated rings. The second kappa shape index (κ2) is 20.1. The Bertz CT molecular complexity index is 2160. The van der Waals surface area contributed by atoms with E-state index in [0.29, 0.717) is 59.9 Å². The fourth-order valence-electron chi connectivity index (χ4n) is 10.8. The van der Waals surface area contributed by atoms with Gasteiger partial charge in [0.05, 0.1) is 34.2 Å². The summed E-state index contributed by atoms with van der Waals surface area (Å²) >= 11 is 0. The molecule has 2 saturated carbocycles. The van der Waals surface area contributed by atoms with Crippen LogP contribution in [0, 0.1) is 23.5 Å². The maximum atomic E-state index is 15.0. The van der Waals surface area contributed by atoms with Crippen LogP contribution in [0.25, 0.3) is 33.7 Å². The number of rotatable bonds is 15. The summed E-state index contributed by atoms with van der Waals surface area (Å²) in [6.07, 6.45) is 12.8. The van der Waals surface area contributed by atoms with Gasteiger partial charge in [0.25, 0.3) is 0 Å². The molecule has 4 aromatic rings. The lowest BCUT2D eigenvalue weighted by Gasteiger charge is -2.36. The zero-order chi connectivity index (χ0) is 45.1. The Balaban J connectivity index is 1.14. The van der Waals surface area contributed by atoms with Crippen molar-refractivity contribution in [2.75, 3.05) is 27.2 Å². The van der Waals surface area contributed by atoms with E-state index in [9.17, 15) is 28.0 Å². The van der Waals surface area contributed by atoms with Crippen LogP contribution in [0.3, 0.4) is 0 Å². The summed E-state index contributed by atoms with van der Waals surface area (Å²) < 4.78 is 33.9. The molecule has 4 N–H and O–H groups in total. The normalized spacial score (nSPS) is 21.9. The van der Waals surface area contributed by atoms with E-state index in [0.717, 1.165) is 89.9 Å². The van der Waals surface area contributed by atoms with Crippen molar-refractivity contribution in [2.45, 2.75) is 153 Å². The molecule has 0 unspecified atom stereocenters. The average Bonchev–Trinajstić information content (AvgIpc) is 4.13. The SMILES string of the molecule is CN[C@H](C)C(=O)N[C@@H](C(=O)N1CCC[C@H]1Cn1c(-c2nc3cc(F)ccc3n2C[C@@H]2CCCN2C(=O)[C@H](NC(=O)[C@@H](C)NC)C2CCCCC2)nc2cc(F)ccc21)C1CCCCC1. The molecule has 0 radical (unpaired) electrons. The highest BCUT2D eigenvalue weighted by Gasteiger charge is 2.41. The predicted molar refractivity (Wildman–Crippen MR) is 242 cm³/mol. The minimum atomic E-state index is -0.647. The van der Waals surface area contributed by atoms with Crippen LogP contribution in [0.5, 0.6) is 0 Å². The van der Waals surface area contributed by atoms with Crippen molar-refractivity contribution < 1.29 is 28.0 Å². The van der Waals surface area contributed by atoms with Gasteiger partial charge in [-0.15, -0.1) is 0 Å². The molecule has 16 heteroatoms. The first-order valence-corrected chi connectivity index (χ1v) is 23.8. The summed E-state index contributed by atoms with van der Waals surface area (Å²) in [5.74, 6) is -0.495. The number of carbonyl (C=O) groups is 4. The number of nitrogens with one attached hydrogen (secondary N) is 4. The molecular formula is C48H66F2N10O4. The highest BCUT2D eigenvalue weighted by atomic mass is 19.1. The molecule has 346 valence electrons. The van der Waals surface area contributed by atoms with Crippen molar-refractivity contribution in [3.63, 3.8) is 0 Å². The largest absolute Gasteiger partial charge is 0.343 e. The van der Waals surface area contributed by atoms with Gasteiger partial charge in [0.15, 0.2) is 11.6 Å². The van der Waals surface area contributed by atoms with Gasteiger partial charge in [-0.1, -0.05) is 38.5 Å². The Morgan fingerprint density at radius 1 is 0.594 bits per heavy atom. The zero-order valence-corrected chi connectivity index (χ0v) is 37.9. The van der Waals surface area contributed by atoms with Gasteiger partial charge in [-0.2, -0.15) is 0 Å². The van der Waals surface area contributed by atoms with Crippen LogP contribution in [0.15, 0.2) is 36.4 Å². The highest BCUT2D eigenvalue weighted by molar-refractivity contribution is 5.91. The number of halogens is 2. The smallest absolute Gasteiger partial charge is 0.245 e. The molecule has 4 amide bonds. The molecule has 0 bridgehead atoms. The van der Waals surface area contributed by atoms with E-state index in [-0.39, 0.29) is 47.5 Å². The highest BCUT2D eigenvalue weighted by Crippen LogP contribution is 2.35. The monoisotopic (exact) mass is 885 g/mol. The zero-order valence-electron chi connectivity index (χ0n) is 37.9. The van der Waals surface area contributed by atoms with Crippen LogP contribution >= 0.6 is 0 Å². The van der Waals surface area contributed by atoms with Crippen molar-refractivity contribution in [1.29, 1.82) is 0 Å². The van der Waals surface area contributed by atoms with E-state index in [4.69, 9.17) is 9.97 Å². The van der Waals surface area contributed by atoms with E-state index >= 15 is 0 Å². The molecule has 64 heavy (non-hydrogen) atoms. The van der Waals surface area contributed by atoms with E-state index in [2.05, 4.69) is 21.3 Å². The van der Waals surface area contributed by atoms with Crippen LogP contribution < -0.4 is 21.3 Å². The number of carbonyl (C=O) groups excluding carboxylic acids is 4. The molecule has 2 saturated heterocycles. The van der Waals surface area contributed by atoms with E-state index in [1.54, 1.807) is 40.1 Å². The number of benzene rings is 2. The van der Waals surface area contributed by atoms with Crippen molar-refractivity contribution in [2.24, 2.45) is 11.8 Å². The van der Waals surface area contributed by atoms with Crippen LogP contribution in [0.2, 0.25) is 0 Å². The number of aromatic nitrogens is 4. The topological polar surface area (TPSA) is 159 Å². The minimum Gasteiger partial charge on any atom is -0.343 e. The fourth-order valence-corrected chi connectivity index (χ4v) is 10.8. The summed E-state index contributed by atoms with van der Waals surface area (Å²) in [6.45, 7) is 5.33. The minimum absolute atomic E-state index is 0.0385. The molecule has 6 atom stereocenters. The lowest BCUT2D eigenvalue weighted by Crippen LogP contribution is -2.56. The second-order valence-electron chi connectivity index (χ2n) is 18.8. The number of likely N-dealkylation sites (tertiary alicyclic amines) is 2. The van der Waals surface area contributed by atoms with E-state index < -0.39 is 35.8 Å². The first-order chi connectivity index (χ1) is 30.9. The van der Waals surface area contributed by atoms with Crippen LogP contribution in [-0.4, -0.2) is 116 Å². The number of hydrogen-bond donors (Lipinski definition) is 4. The Hall–Kier alpha value is -4.96. The van der Waals surface area contributed by atoms with Crippen LogP contribution in [0.1, 0.15) is 104 Å². The molecule has 2 aromatic carbocycles. The van der Waals surface area contributed by atoms with Crippen molar-refractivity contribution in [3.8, 4) is 11.6 Å². The number of likely N-dealkylation sites (N-methyl/N-ethyl adjacent to an activating group) is 2. The average molecular weight is 885 g/mol. The van der Waals surface area contributed by atoms with E-state index in [1.807, 2.05) is 18.9 Å². The molecule has 4 aliphatic rings. The van der Waals surface area contributed by atoms with Crippen molar-refractivity contribution in [1.82, 2.24) is 50.2 Å². The summed E-state index contributed by atoms with van der Waals surface area (Å²) in [5, 5.41) is 12.3. The third-order valence-electron chi connectivity index (χ3n) is 14.8. The summed E-state index contributed by atoms with van der Waals surface area (Å²) in [4.78, 5) is 70.0.